The number of aromatic nitrogens is 2. The fourth-order valence-corrected chi connectivity index (χ4v) is 1.93. The summed E-state index contributed by atoms with van der Waals surface area (Å²) in [6.45, 7) is 2.19. The molecule has 1 aromatic heterocycles. The Bertz CT molecular complexity index is 364. The zero-order chi connectivity index (χ0) is 11.0. The Morgan fingerprint density at radius 2 is 2.27 bits per heavy atom. The molecule has 1 aliphatic rings. The average Bonchev–Trinajstić information content (AvgIpc) is 3.03. The molecule has 0 radical (unpaired) electrons. The molecule has 15 heavy (non-hydrogen) atoms. The van der Waals surface area contributed by atoms with Crippen molar-refractivity contribution in [2.45, 2.75) is 25.8 Å². The molecule has 0 amide bonds. The quantitative estimate of drug-likeness (QED) is 0.856. The lowest BCUT2D eigenvalue weighted by Crippen LogP contribution is -2.31. The van der Waals surface area contributed by atoms with E-state index >= 15 is 0 Å². The van der Waals surface area contributed by atoms with E-state index in [2.05, 4.69) is 21.8 Å². The lowest BCUT2D eigenvalue weighted by molar-refractivity contribution is 0.604. The lowest BCUT2D eigenvalue weighted by Gasteiger charge is -2.26. The van der Waals surface area contributed by atoms with Gasteiger partial charge in [-0.05, 0) is 25.7 Å². The van der Waals surface area contributed by atoms with Crippen LogP contribution in [0.5, 0.6) is 0 Å². The number of nitrogens with zero attached hydrogens (tertiary/aromatic N) is 3. The summed E-state index contributed by atoms with van der Waals surface area (Å²) in [6, 6.07) is 0.455. The Hall–Kier alpha value is -1.03. The van der Waals surface area contributed by atoms with E-state index in [1.807, 2.05) is 7.05 Å². The average molecular weight is 227 g/mol. The molecule has 2 N–H and O–H groups in total. The summed E-state index contributed by atoms with van der Waals surface area (Å²) in [5, 5.41) is 0.555. The molecule has 82 valence electrons. The standard InChI is InChI=1S/C10H15ClN4/c1-6(7-3-4-7)15(2)9-8(11)5-13-10(12)14-9/h5-7H,3-4H2,1-2H3,(H2,12,13,14). The van der Waals surface area contributed by atoms with Gasteiger partial charge in [-0.25, -0.2) is 4.98 Å². The highest BCUT2D eigenvalue weighted by molar-refractivity contribution is 6.32. The summed E-state index contributed by atoms with van der Waals surface area (Å²) < 4.78 is 0. The van der Waals surface area contributed by atoms with Crippen molar-refractivity contribution < 1.29 is 0 Å². The van der Waals surface area contributed by atoms with E-state index in [4.69, 9.17) is 17.3 Å². The highest BCUT2D eigenvalue weighted by Crippen LogP contribution is 2.37. The first-order valence-electron chi connectivity index (χ1n) is 5.10. The van der Waals surface area contributed by atoms with Crippen LogP contribution in [0.4, 0.5) is 11.8 Å². The van der Waals surface area contributed by atoms with Crippen molar-refractivity contribution >= 4 is 23.4 Å². The Balaban J connectivity index is 2.23. The Kier molecular flexibility index (Phi) is 2.69. The zero-order valence-electron chi connectivity index (χ0n) is 8.94. The van der Waals surface area contributed by atoms with Gasteiger partial charge >= 0.3 is 0 Å². The fraction of sp³-hybridized carbons (Fsp3) is 0.600. The first-order valence-corrected chi connectivity index (χ1v) is 5.48. The number of anilines is 2. The van der Waals surface area contributed by atoms with Gasteiger partial charge in [-0.2, -0.15) is 4.98 Å². The van der Waals surface area contributed by atoms with Gasteiger partial charge in [-0.15, -0.1) is 0 Å². The maximum Gasteiger partial charge on any atom is 0.222 e. The van der Waals surface area contributed by atoms with Gasteiger partial charge in [0.25, 0.3) is 0 Å². The SMILES string of the molecule is CC(C1CC1)N(C)c1nc(N)ncc1Cl. The third kappa shape index (κ3) is 2.15. The first-order chi connectivity index (χ1) is 7.09. The Morgan fingerprint density at radius 1 is 1.60 bits per heavy atom. The predicted octanol–water partition coefficient (Wildman–Crippen LogP) is 1.95. The van der Waals surface area contributed by atoms with Gasteiger partial charge in [0.2, 0.25) is 5.95 Å². The van der Waals surface area contributed by atoms with Crippen molar-refractivity contribution in [1.82, 2.24) is 9.97 Å². The van der Waals surface area contributed by atoms with E-state index < -0.39 is 0 Å². The van der Waals surface area contributed by atoms with Crippen LogP contribution in [-0.4, -0.2) is 23.1 Å². The van der Waals surface area contributed by atoms with Gasteiger partial charge in [0.1, 0.15) is 5.02 Å². The summed E-state index contributed by atoms with van der Waals surface area (Å²) >= 11 is 6.04. The molecule has 1 aromatic rings. The number of hydrogen-bond acceptors (Lipinski definition) is 4. The molecule has 4 nitrogen and oxygen atoms in total. The van der Waals surface area contributed by atoms with Crippen LogP contribution >= 0.6 is 11.6 Å². The van der Waals surface area contributed by atoms with Gasteiger partial charge in [-0.3, -0.25) is 0 Å². The van der Waals surface area contributed by atoms with Crippen molar-refractivity contribution in [1.29, 1.82) is 0 Å². The van der Waals surface area contributed by atoms with Crippen LogP contribution in [0.3, 0.4) is 0 Å². The molecule has 1 fully saturated rings. The van der Waals surface area contributed by atoms with Gasteiger partial charge in [0, 0.05) is 13.1 Å². The molecule has 5 heteroatoms. The molecule has 0 spiro atoms. The molecule has 0 saturated heterocycles. The Morgan fingerprint density at radius 3 is 2.87 bits per heavy atom. The number of nitrogen functional groups attached to an aromatic ring is 1. The maximum absolute atomic E-state index is 6.04. The van der Waals surface area contributed by atoms with E-state index in [0.717, 1.165) is 11.7 Å². The van der Waals surface area contributed by atoms with Crippen LogP contribution in [0, 0.1) is 5.92 Å². The number of hydrogen-bond donors (Lipinski definition) is 1. The molecule has 1 heterocycles. The number of nitrogens with two attached hydrogens (primary N) is 1. The molecule has 1 atom stereocenters. The van der Waals surface area contributed by atoms with Crippen LogP contribution < -0.4 is 10.6 Å². The molecule has 1 aliphatic carbocycles. The second kappa shape index (κ2) is 3.85. The summed E-state index contributed by atoms with van der Waals surface area (Å²) in [5.74, 6) is 1.76. The fourth-order valence-electron chi connectivity index (χ4n) is 1.71. The predicted molar refractivity (Wildman–Crippen MR) is 62.0 cm³/mol. The van der Waals surface area contributed by atoms with Gasteiger partial charge in [0.15, 0.2) is 5.82 Å². The molecular weight excluding hydrogens is 212 g/mol. The molecule has 0 aliphatic heterocycles. The van der Waals surface area contributed by atoms with Gasteiger partial charge in [0.05, 0.1) is 6.20 Å². The molecule has 0 bridgehead atoms. The monoisotopic (exact) mass is 226 g/mol. The second-order valence-corrected chi connectivity index (χ2v) is 4.50. The van der Waals surface area contributed by atoms with Gasteiger partial charge in [-0.1, -0.05) is 11.6 Å². The van der Waals surface area contributed by atoms with E-state index in [0.29, 0.717) is 11.1 Å². The van der Waals surface area contributed by atoms with Crippen LogP contribution in [0.15, 0.2) is 6.20 Å². The minimum atomic E-state index is 0.268. The van der Waals surface area contributed by atoms with Crippen molar-refractivity contribution in [2.75, 3.05) is 17.7 Å². The maximum atomic E-state index is 6.04. The summed E-state index contributed by atoms with van der Waals surface area (Å²) in [4.78, 5) is 10.1. The smallest absolute Gasteiger partial charge is 0.222 e. The number of halogens is 1. The Labute approximate surface area is 94.5 Å². The van der Waals surface area contributed by atoms with E-state index in [1.165, 1.54) is 12.8 Å². The first kappa shape index (κ1) is 10.5. The second-order valence-electron chi connectivity index (χ2n) is 4.09. The van der Waals surface area contributed by atoms with Crippen molar-refractivity contribution in [2.24, 2.45) is 5.92 Å². The third-order valence-corrected chi connectivity index (χ3v) is 3.26. The van der Waals surface area contributed by atoms with Gasteiger partial charge < -0.3 is 10.6 Å². The van der Waals surface area contributed by atoms with E-state index in [-0.39, 0.29) is 5.95 Å². The van der Waals surface area contributed by atoms with Crippen molar-refractivity contribution in [3.05, 3.63) is 11.2 Å². The molecule has 0 aromatic carbocycles. The van der Waals surface area contributed by atoms with Crippen molar-refractivity contribution in [3.8, 4) is 0 Å². The highest BCUT2D eigenvalue weighted by Gasteiger charge is 2.31. The lowest BCUT2D eigenvalue weighted by atomic mass is 10.2. The number of rotatable bonds is 3. The highest BCUT2D eigenvalue weighted by atomic mass is 35.5. The third-order valence-electron chi connectivity index (χ3n) is 2.99. The minimum Gasteiger partial charge on any atom is -0.368 e. The van der Waals surface area contributed by atoms with E-state index in [1.54, 1.807) is 6.20 Å². The molecule has 2 rings (SSSR count). The van der Waals surface area contributed by atoms with Crippen LogP contribution in [0.25, 0.3) is 0 Å². The molecular formula is C10H15ClN4. The summed E-state index contributed by atoms with van der Waals surface area (Å²) in [6.07, 6.45) is 4.14. The van der Waals surface area contributed by atoms with Crippen LogP contribution in [-0.2, 0) is 0 Å². The molecule has 1 unspecified atom stereocenters. The normalized spacial score (nSPS) is 17.5. The summed E-state index contributed by atoms with van der Waals surface area (Å²) in [5.41, 5.74) is 5.55. The topological polar surface area (TPSA) is 55.0 Å². The van der Waals surface area contributed by atoms with Crippen LogP contribution in [0.1, 0.15) is 19.8 Å². The molecule has 1 saturated carbocycles. The van der Waals surface area contributed by atoms with E-state index in [9.17, 15) is 0 Å². The minimum absolute atomic E-state index is 0.268. The zero-order valence-corrected chi connectivity index (χ0v) is 9.70. The largest absolute Gasteiger partial charge is 0.368 e. The summed E-state index contributed by atoms with van der Waals surface area (Å²) in [7, 11) is 2.00. The van der Waals surface area contributed by atoms with Crippen LogP contribution in [0.2, 0.25) is 5.02 Å². The van der Waals surface area contributed by atoms with Crippen molar-refractivity contribution in [3.63, 3.8) is 0 Å².